The molecule has 0 atom stereocenters. The number of likely N-dealkylation sites (N-methyl/N-ethyl adjacent to an activating group) is 1. The third-order valence-electron chi connectivity index (χ3n) is 4.40. The van der Waals surface area contributed by atoms with Crippen molar-refractivity contribution in [3.8, 4) is 0 Å². The lowest BCUT2D eigenvalue weighted by molar-refractivity contribution is 0.102. The predicted molar refractivity (Wildman–Crippen MR) is 106 cm³/mol. The van der Waals surface area contributed by atoms with Crippen molar-refractivity contribution < 1.29 is 4.79 Å². The molecule has 0 saturated carbocycles. The Hall–Kier alpha value is -1.89. The van der Waals surface area contributed by atoms with E-state index < -0.39 is 0 Å². The van der Waals surface area contributed by atoms with E-state index in [0.717, 1.165) is 38.5 Å². The van der Waals surface area contributed by atoms with Gasteiger partial charge in [0.1, 0.15) is 17.3 Å². The van der Waals surface area contributed by atoms with E-state index in [0.29, 0.717) is 27.3 Å². The zero-order chi connectivity index (χ0) is 18.7. The van der Waals surface area contributed by atoms with Crippen molar-refractivity contribution in [3.05, 3.63) is 45.8 Å². The highest BCUT2D eigenvalue weighted by Gasteiger charge is 2.20. The van der Waals surface area contributed by atoms with Gasteiger partial charge in [-0.3, -0.25) is 4.79 Å². The van der Waals surface area contributed by atoms with Gasteiger partial charge in [-0.1, -0.05) is 36.2 Å². The number of carbonyl (C=O) groups is 1. The molecule has 138 valence electrons. The number of hydrogen-bond acceptors (Lipinski definition) is 5. The number of rotatable bonds is 4. The Bertz CT molecular complexity index is 806. The minimum Gasteiger partial charge on any atom is -0.354 e. The van der Waals surface area contributed by atoms with E-state index in [4.69, 9.17) is 23.2 Å². The molecular formula is C18H21Cl2N5O. The smallest absolute Gasteiger partial charge is 0.274 e. The van der Waals surface area contributed by atoms with Gasteiger partial charge in [-0.05, 0) is 25.6 Å². The van der Waals surface area contributed by atoms with Crippen molar-refractivity contribution in [2.24, 2.45) is 0 Å². The Balaban J connectivity index is 1.79. The molecule has 1 aliphatic heterocycles. The maximum absolute atomic E-state index is 12.6. The number of benzene rings is 1. The van der Waals surface area contributed by atoms with Crippen LogP contribution in [0.5, 0.6) is 0 Å². The van der Waals surface area contributed by atoms with Gasteiger partial charge in [-0.25, -0.2) is 9.97 Å². The maximum Gasteiger partial charge on any atom is 0.274 e. The largest absolute Gasteiger partial charge is 0.354 e. The van der Waals surface area contributed by atoms with Crippen LogP contribution >= 0.6 is 23.2 Å². The number of halogens is 2. The Kier molecular flexibility index (Phi) is 5.96. The van der Waals surface area contributed by atoms with Crippen LogP contribution in [0.2, 0.25) is 10.0 Å². The third-order valence-corrected chi connectivity index (χ3v) is 5.22. The summed E-state index contributed by atoms with van der Waals surface area (Å²) in [5.74, 6) is 0.992. The van der Waals surface area contributed by atoms with Crippen LogP contribution in [0.25, 0.3) is 0 Å². The lowest BCUT2D eigenvalue weighted by Crippen LogP contribution is -2.46. The number of nitrogens with one attached hydrogen (secondary N) is 1. The molecule has 1 saturated heterocycles. The molecule has 1 aromatic carbocycles. The van der Waals surface area contributed by atoms with Gasteiger partial charge in [-0.15, -0.1) is 0 Å². The van der Waals surface area contributed by atoms with E-state index in [-0.39, 0.29) is 5.91 Å². The number of anilines is 2. The van der Waals surface area contributed by atoms with E-state index in [2.05, 4.69) is 32.0 Å². The molecule has 1 aliphatic rings. The molecule has 8 heteroatoms. The summed E-state index contributed by atoms with van der Waals surface area (Å²) in [5.41, 5.74) is 0.764. The molecule has 2 heterocycles. The number of nitrogens with zero attached hydrogens (tertiary/aromatic N) is 4. The van der Waals surface area contributed by atoms with Gasteiger partial charge in [0.25, 0.3) is 5.91 Å². The van der Waals surface area contributed by atoms with E-state index in [1.54, 1.807) is 31.2 Å². The normalized spacial score (nSPS) is 15.2. The van der Waals surface area contributed by atoms with Crippen LogP contribution in [0.15, 0.2) is 24.3 Å². The van der Waals surface area contributed by atoms with Crippen LogP contribution in [0.1, 0.15) is 23.2 Å². The molecule has 0 unspecified atom stereocenters. The lowest BCUT2D eigenvalue weighted by atomic mass is 10.2. The fraction of sp³-hybridized carbons (Fsp3) is 0.389. The van der Waals surface area contributed by atoms with Gasteiger partial charge < -0.3 is 15.1 Å². The summed E-state index contributed by atoms with van der Waals surface area (Å²) in [6.45, 7) is 8.73. The topological polar surface area (TPSA) is 61.4 Å². The first-order valence-corrected chi connectivity index (χ1v) is 9.32. The van der Waals surface area contributed by atoms with Crippen molar-refractivity contribution in [1.29, 1.82) is 0 Å². The van der Waals surface area contributed by atoms with Gasteiger partial charge >= 0.3 is 0 Å². The number of aromatic nitrogens is 2. The molecule has 2 aromatic rings. The molecule has 1 N–H and O–H groups in total. The van der Waals surface area contributed by atoms with E-state index in [1.807, 2.05) is 0 Å². The molecule has 26 heavy (non-hydrogen) atoms. The molecular weight excluding hydrogens is 373 g/mol. The number of piperazine rings is 1. The second kappa shape index (κ2) is 8.20. The fourth-order valence-corrected chi connectivity index (χ4v) is 3.26. The van der Waals surface area contributed by atoms with Crippen LogP contribution in [0.3, 0.4) is 0 Å². The van der Waals surface area contributed by atoms with E-state index in [1.165, 1.54) is 0 Å². The summed E-state index contributed by atoms with van der Waals surface area (Å²) in [7, 11) is 0. The second-order valence-electron chi connectivity index (χ2n) is 6.14. The fourth-order valence-electron chi connectivity index (χ4n) is 2.91. The summed E-state index contributed by atoms with van der Waals surface area (Å²) in [4.78, 5) is 26.0. The van der Waals surface area contributed by atoms with Gasteiger partial charge in [0.2, 0.25) is 0 Å². The van der Waals surface area contributed by atoms with Gasteiger partial charge in [0.05, 0.1) is 15.7 Å². The maximum atomic E-state index is 12.6. The van der Waals surface area contributed by atoms with Gasteiger partial charge in [-0.2, -0.15) is 0 Å². The third kappa shape index (κ3) is 4.26. The minimum atomic E-state index is -0.340. The highest BCUT2D eigenvalue weighted by atomic mass is 35.5. The van der Waals surface area contributed by atoms with Crippen LogP contribution < -0.4 is 10.2 Å². The van der Waals surface area contributed by atoms with E-state index in [9.17, 15) is 4.79 Å². The van der Waals surface area contributed by atoms with Crippen molar-refractivity contribution in [2.75, 3.05) is 42.9 Å². The molecule has 6 nitrogen and oxygen atoms in total. The first-order chi connectivity index (χ1) is 12.5. The molecule has 1 aromatic heterocycles. The summed E-state index contributed by atoms with van der Waals surface area (Å²) < 4.78 is 0. The molecule has 1 fully saturated rings. The standard InChI is InChI=1S/C18H21Cl2N5O/c1-3-24-7-9-25(10-8-24)16-11-15(21-12(2)22-16)18(26)23-14-6-4-5-13(19)17(14)20/h4-6,11H,3,7-10H2,1-2H3,(H,23,26). The first-order valence-electron chi connectivity index (χ1n) is 8.56. The average Bonchev–Trinajstić information content (AvgIpc) is 2.65. The molecule has 1 amide bonds. The molecule has 0 spiro atoms. The number of aryl methyl sites for hydroxylation is 1. The van der Waals surface area contributed by atoms with Crippen molar-refractivity contribution >= 4 is 40.6 Å². The molecule has 3 rings (SSSR count). The summed E-state index contributed by atoms with van der Waals surface area (Å²) in [5, 5.41) is 3.46. The van der Waals surface area contributed by atoms with Crippen LogP contribution in [-0.4, -0.2) is 53.5 Å². The average molecular weight is 394 g/mol. The van der Waals surface area contributed by atoms with Crippen molar-refractivity contribution in [3.63, 3.8) is 0 Å². The molecule has 0 bridgehead atoms. The van der Waals surface area contributed by atoms with Gasteiger partial charge in [0, 0.05) is 32.2 Å². The first kappa shape index (κ1) is 18.9. The zero-order valence-electron chi connectivity index (χ0n) is 14.8. The quantitative estimate of drug-likeness (QED) is 0.861. The second-order valence-corrected chi connectivity index (χ2v) is 6.92. The highest BCUT2D eigenvalue weighted by molar-refractivity contribution is 6.44. The summed E-state index contributed by atoms with van der Waals surface area (Å²) in [6, 6.07) is 6.82. The Morgan fingerprint density at radius 2 is 1.92 bits per heavy atom. The SMILES string of the molecule is CCN1CCN(c2cc(C(=O)Nc3cccc(Cl)c3Cl)nc(C)n2)CC1. The van der Waals surface area contributed by atoms with Gasteiger partial charge in [0.15, 0.2) is 0 Å². The molecule has 0 radical (unpaired) electrons. The van der Waals surface area contributed by atoms with Crippen LogP contribution in [0.4, 0.5) is 11.5 Å². The monoisotopic (exact) mass is 393 g/mol. The van der Waals surface area contributed by atoms with Crippen molar-refractivity contribution in [1.82, 2.24) is 14.9 Å². The number of hydrogen-bond donors (Lipinski definition) is 1. The highest BCUT2D eigenvalue weighted by Crippen LogP contribution is 2.29. The molecule has 0 aliphatic carbocycles. The number of amides is 1. The lowest BCUT2D eigenvalue weighted by Gasteiger charge is -2.34. The summed E-state index contributed by atoms with van der Waals surface area (Å²) in [6.07, 6.45) is 0. The zero-order valence-corrected chi connectivity index (χ0v) is 16.3. The summed E-state index contributed by atoms with van der Waals surface area (Å²) >= 11 is 12.1. The Morgan fingerprint density at radius 3 is 2.62 bits per heavy atom. The van der Waals surface area contributed by atoms with Crippen molar-refractivity contribution in [2.45, 2.75) is 13.8 Å². The van der Waals surface area contributed by atoms with E-state index >= 15 is 0 Å². The Labute approximate surface area is 163 Å². The van der Waals surface area contributed by atoms with Crippen LogP contribution in [-0.2, 0) is 0 Å². The Morgan fingerprint density at radius 1 is 1.19 bits per heavy atom. The number of carbonyl (C=O) groups excluding carboxylic acids is 1. The van der Waals surface area contributed by atoms with Crippen LogP contribution in [0, 0.1) is 6.92 Å². The predicted octanol–water partition coefficient (Wildman–Crippen LogP) is 3.49. The minimum absolute atomic E-state index is 0.307.